The van der Waals surface area contributed by atoms with E-state index in [-0.39, 0.29) is 5.41 Å². The normalized spacial score (nSPS) is 18.6. The van der Waals surface area contributed by atoms with Gasteiger partial charge in [-0.1, -0.05) is 153 Å². The molecule has 0 heterocycles. The number of allylic oxidation sites excluding steroid dienone is 7. The van der Waals surface area contributed by atoms with Crippen molar-refractivity contribution in [3.8, 4) is 22.3 Å². The fourth-order valence-corrected chi connectivity index (χ4v) is 9.73. The molecular weight excluding hydrogens is 627 g/mol. The Kier molecular flexibility index (Phi) is 6.20. The van der Waals surface area contributed by atoms with E-state index < -0.39 is 0 Å². The standard InChI is InChI=1S/C51H37N/c1-51(2)47-20-8-7-17-42(47)43-26-24-37(31-48(43)51)52(49-28-27-45-41-16-6-5-15-40(41)44-18-10-19-46(49)50(44)45)36-13-9-12-33(30-36)34-23-25-39-35(29-34)22-21-32-11-3-4-14-38(32)39/h3-31,45,50H,1-2H3. The Labute approximate surface area is 305 Å². The maximum atomic E-state index is 2.52. The Bertz CT molecular complexity index is 2790. The smallest absolute Gasteiger partial charge is 0.0497 e. The minimum absolute atomic E-state index is 0.0935. The van der Waals surface area contributed by atoms with Gasteiger partial charge >= 0.3 is 0 Å². The first-order valence-corrected chi connectivity index (χ1v) is 18.5. The van der Waals surface area contributed by atoms with Gasteiger partial charge in [-0.05, 0) is 114 Å². The van der Waals surface area contributed by atoms with E-state index in [9.17, 15) is 0 Å². The molecule has 4 aliphatic carbocycles. The Hall–Kier alpha value is -6.18. The van der Waals surface area contributed by atoms with E-state index in [1.165, 1.54) is 88.6 Å². The lowest BCUT2D eigenvalue weighted by atomic mass is 9.77. The predicted octanol–water partition coefficient (Wildman–Crippen LogP) is 13.3. The average molecular weight is 664 g/mol. The molecule has 7 aromatic rings. The zero-order valence-corrected chi connectivity index (χ0v) is 29.3. The van der Waals surface area contributed by atoms with Crippen molar-refractivity contribution in [3.05, 3.63) is 209 Å². The van der Waals surface area contributed by atoms with Gasteiger partial charge in [-0.3, -0.25) is 0 Å². The molecule has 0 amide bonds. The monoisotopic (exact) mass is 663 g/mol. The van der Waals surface area contributed by atoms with E-state index in [0.29, 0.717) is 11.8 Å². The minimum Gasteiger partial charge on any atom is -0.310 e. The summed E-state index contributed by atoms with van der Waals surface area (Å²) in [5, 5.41) is 5.13. The highest BCUT2D eigenvalue weighted by Crippen LogP contribution is 2.56. The lowest BCUT2D eigenvalue weighted by Crippen LogP contribution is -2.24. The van der Waals surface area contributed by atoms with E-state index in [0.717, 1.165) is 5.69 Å². The minimum atomic E-state index is -0.0935. The van der Waals surface area contributed by atoms with Crippen LogP contribution < -0.4 is 4.90 Å². The number of hydrogen-bond donors (Lipinski definition) is 0. The third kappa shape index (κ3) is 4.17. The van der Waals surface area contributed by atoms with Crippen LogP contribution in [0, 0.1) is 5.92 Å². The quantitative estimate of drug-likeness (QED) is 0.169. The summed E-state index contributed by atoms with van der Waals surface area (Å²) in [5.74, 6) is 0.653. The second kappa shape index (κ2) is 10.9. The largest absolute Gasteiger partial charge is 0.310 e. The molecule has 7 aromatic carbocycles. The van der Waals surface area contributed by atoms with E-state index in [4.69, 9.17) is 0 Å². The van der Waals surface area contributed by atoms with Gasteiger partial charge in [0.25, 0.3) is 0 Å². The van der Waals surface area contributed by atoms with Gasteiger partial charge in [0.15, 0.2) is 0 Å². The van der Waals surface area contributed by atoms with E-state index in [1.807, 2.05) is 0 Å². The summed E-state index contributed by atoms with van der Waals surface area (Å²) in [6.45, 7) is 4.75. The molecule has 0 bridgehead atoms. The molecule has 2 atom stereocenters. The van der Waals surface area contributed by atoms with Crippen molar-refractivity contribution in [1.29, 1.82) is 0 Å². The summed E-state index contributed by atoms with van der Waals surface area (Å²) in [6, 6.07) is 54.3. The Morgan fingerprint density at radius 3 is 2.23 bits per heavy atom. The molecule has 1 heteroatoms. The van der Waals surface area contributed by atoms with Crippen LogP contribution >= 0.6 is 0 Å². The SMILES string of the molecule is CC1(C)c2ccccc2-c2ccc(N(C3=C4C=CC=C5c6ccccc6C(C=C3)C54)c3cccc(-c4ccc5c(ccc6ccccc65)c4)c3)cc21. The number of anilines is 2. The summed E-state index contributed by atoms with van der Waals surface area (Å²) < 4.78 is 0. The second-order valence-electron chi connectivity index (χ2n) is 15.3. The van der Waals surface area contributed by atoms with Crippen molar-refractivity contribution in [2.45, 2.75) is 25.2 Å². The number of hydrogen-bond acceptors (Lipinski definition) is 1. The maximum absolute atomic E-state index is 2.52. The van der Waals surface area contributed by atoms with Crippen LogP contribution in [0.25, 0.3) is 49.4 Å². The first kappa shape index (κ1) is 29.5. The first-order valence-electron chi connectivity index (χ1n) is 18.5. The topological polar surface area (TPSA) is 3.24 Å². The summed E-state index contributed by atoms with van der Waals surface area (Å²) in [6.07, 6.45) is 11.8. The zero-order chi connectivity index (χ0) is 34.6. The zero-order valence-electron chi connectivity index (χ0n) is 29.3. The Morgan fingerprint density at radius 2 is 1.29 bits per heavy atom. The highest BCUT2D eigenvalue weighted by Gasteiger charge is 2.42. The first-order chi connectivity index (χ1) is 25.5. The van der Waals surface area contributed by atoms with Gasteiger partial charge in [-0.25, -0.2) is 0 Å². The molecule has 52 heavy (non-hydrogen) atoms. The van der Waals surface area contributed by atoms with Crippen LogP contribution in [0.4, 0.5) is 11.4 Å². The molecule has 2 unspecified atom stereocenters. The fraction of sp³-hybridized carbons (Fsp3) is 0.0980. The number of nitrogens with zero attached hydrogens (tertiary/aromatic N) is 1. The van der Waals surface area contributed by atoms with Gasteiger partial charge in [0.1, 0.15) is 0 Å². The average Bonchev–Trinajstić information content (AvgIpc) is 3.64. The van der Waals surface area contributed by atoms with Gasteiger partial charge in [-0.15, -0.1) is 0 Å². The van der Waals surface area contributed by atoms with Crippen molar-refractivity contribution >= 4 is 38.5 Å². The second-order valence-corrected chi connectivity index (χ2v) is 15.3. The molecule has 0 aromatic heterocycles. The molecule has 0 saturated carbocycles. The van der Waals surface area contributed by atoms with Crippen LogP contribution in [0.2, 0.25) is 0 Å². The van der Waals surface area contributed by atoms with Crippen LogP contribution in [0.15, 0.2) is 187 Å². The predicted molar refractivity (Wildman–Crippen MR) is 219 cm³/mol. The molecule has 4 aliphatic rings. The van der Waals surface area contributed by atoms with E-state index in [1.54, 1.807) is 0 Å². The molecule has 0 N–H and O–H groups in total. The maximum Gasteiger partial charge on any atom is 0.0497 e. The van der Waals surface area contributed by atoms with Crippen LogP contribution in [0.5, 0.6) is 0 Å². The Balaban J connectivity index is 1.09. The number of rotatable bonds is 4. The molecule has 1 nitrogen and oxygen atoms in total. The van der Waals surface area contributed by atoms with Gasteiger partial charge in [0, 0.05) is 34.3 Å². The Morgan fingerprint density at radius 1 is 0.538 bits per heavy atom. The summed E-state index contributed by atoms with van der Waals surface area (Å²) in [4.78, 5) is 2.52. The highest BCUT2D eigenvalue weighted by molar-refractivity contribution is 6.08. The molecule has 0 aliphatic heterocycles. The summed E-state index contributed by atoms with van der Waals surface area (Å²) in [5.41, 5.74) is 17.0. The molecule has 0 radical (unpaired) electrons. The number of benzene rings is 7. The van der Waals surface area contributed by atoms with Crippen LogP contribution in [-0.2, 0) is 5.41 Å². The molecule has 0 fully saturated rings. The van der Waals surface area contributed by atoms with Gasteiger partial charge in [-0.2, -0.15) is 0 Å². The van der Waals surface area contributed by atoms with Crippen LogP contribution in [0.3, 0.4) is 0 Å². The highest BCUT2D eigenvalue weighted by atomic mass is 15.1. The van der Waals surface area contributed by atoms with Crippen LogP contribution in [-0.4, -0.2) is 0 Å². The van der Waals surface area contributed by atoms with E-state index >= 15 is 0 Å². The lowest BCUT2D eigenvalue weighted by Gasteiger charge is -2.35. The van der Waals surface area contributed by atoms with Crippen molar-refractivity contribution < 1.29 is 0 Å². The molecule has 246 valence electrons. The van der Waals surface area contributed by atoms with Gasteiger partial charge in [0.2, 0.25) is 0 Å². The van der Waals surface area contributed by atoms with Crippen molar-refractivity contribution in [2.24, 2.45) is 5.92 Å². The van der Waals surface area contributed by atoms with Gasteiger partial charge in [0.05, 0.1) is 0 Å². The molecule has 0 spiro atoms. The summed E-state index contributed by atoms with van der Waals surface area (Å²) >= 11 is 0. The molecular formula is C51H37N. The third-order valence-electron chi connectivity index (χ3n) is 12.2. The van der Waals surface area contributed by atoms with Crippen molar-refractivity contribution in [2.75, 3.05) is 4.90 Å². The van der Waals surface area contributed by atoms with Crippen molar-refractivity contribution in [3.63, 3.8) is 0 Å². The number of fused-ring (bicyclic) bond motifs is 9. The lowest BCUT2D eigenvalue weighted by molar-refractivity contribution is 0.660. The molecule has 0 saturated heterocycles. The fourth-order valence-electron chi connectivity index (χ4n) is 9.73. The van der Waals surface area contributed by atoms with Gasteiger partial charge < -0.3 is 4.90 Å². The van der Waals surface area contributed by atoms with Crippen molar-refractivity contribution in [1.82, 2.24) is 0 Å². The molecule has 11 rings (SSSR count). The van der Waals surface area contributed by atoms with Crippen LogP contribution in [0.1, 0.15) is 42.0 Å². The third-order valence-corrected chi connectivity index (χ3v) is 12.2. The summed E-state index contributed by atoms with van der Waals surface area (Å²) in [7, 11) is 0. The van der Waals surface area contributed by atoms with E-state index in [2.05, 4.69) is 195 Å².